The Hall–Kier alpha value is -1.99. The summed E-state index contributed by atoms with van der Waals surface area (Å²) in [5, 5.41) is 17.6. The third kappa shape index (κ3) is 3.65. The van der Waals surface area contributed by atoms with Crippen LogP contribution in [0.15, 0.2) is 52.6 Å². The second kappa shape index (κ2) is 9.01. The first kappa shape index (κ1) is 22.3. The number of halogens is 1. The fourth-order valence-electron chi connectivity index (χ4n) is 3.62. The monoisotopic (exact) mass is 434 g/mol. The van der Waals surface area contributed by atoms with Gasteiger partial charge in [0, 0.05) is 27.9 Å². The number of phenolic OH excluding ortho intramolecular Hbond substituents is 1. The van der Waals surface area contributed by atoms with Crippen LogP contribution in [0.25, 0.3) is 32.1 Å². The van der Waals surface area contributed by atoms with Crippen molar-refractivity contribution >= 4 is 58.2 Å². The number of rotatable bonds is 4. The molecule has 2 aromatic heterocycles. The van der Waals surface area contributed by atoms with Crippen molar-refractivity contribution in [2.24, 2.45) is 0 Å². The van der Waals surface area contributed by atoms with Gasteiger partial charge < -0.3 is 15.4 Å². The average Bonchev–Trinajstić information content (AvgIpc) is 3.15. The molecule has 0 unspecified atom stereocenters. The Bertz CT molecular complexity index is 1150. The van der Waals surface area contributed by atoms with Crippen molar-refractivity contribution in [3.63, 3.8) is 0 Å². The zero-order valence-electron chi connectivity index (χ0n) is 15.6. The second-order valence-corrected chi connectivity index (χ2v) is 7.29. The van der Waals surface area contributed by atoms with E-state index in [1.807, 2.05) is 30.6 Å². The average molecular weight is 435 g/mol. The highest BCUT2D eigenvalue weighted by atomic mass is 35.5. The molecule has 1 atom stereocenters. The van der Waals surface area contributed by atoms with E-state index in [-0.39, 0.29) is 37.2 Å². The van der Waals surface area contributed by atoms with Crippen LogP contribution >= 0.6 is 37.2 Å². The molecular weight excluding hydrogens is 412 g/mol. The van der Waals surface area contributed by atoms with Crippen LogP contribution in [0.2, 0.25) is 0 Å². The molecule has 3 N–H and O–H groups in total. The molecule has 148 valence electrons. The van der Waals surface area contributed by atoms with E-state index in [1.54, 1.807) is 12.1 Å². The standard InChI is InChI=1S/C21H20N2O2S.ClH.H2S/c1-3-15(22-2)12-4-6-13(7-5-12)18-17(24)9-8-16-19(18)14-10-11-26-20(14)21(25)23-16;;/h4-11,15,22,24H,3H2,1-2H3,(H,23,25);1H;1H2/t15-;;/m0../s1. The first-order valence-corrected chi connectivity index (χ1v) is 9.54. The lowest BCUT2D eigenvalue weighted by Crippen LogP contribution is -2.14. The van der Waals surface area contributed by atoms with Crippen molar-refractivity contribution in [3.8, 4) is 16.9 Å². The van der Waals surface area contributed by atoms with Gasteiger partial charge in [-0.1, -0.05) is 31.2 Å². The van der Waals surface area contributed by atoms with Gasteiger partial charge in [0.1, 0.15) is 10.4 Å². The lowest BCUT2D eigenvalue weighted by Gasteiger charge is -2.16. The van der Waals surface area contributed by atoms with Crippen LogP contribution in [0.5, 0.6) is 5.75 Å². The minimum Gasteiger partial charge on any atom is -0.507 e. The molecule has 0 bridgehead atoms. The Morgan fingerprint density at radius 2 is 1.86 bits per heavy atom. The second-order valence-electron chi connectivity index (χ2n) is 6.37. The molecule has 4 nitrogen and oxygen atoms in total. The van der Waals surface area contributed by atoms with E-state index in [0.717, 1.165) is 33.8 Å². The number of pyridine rings is 1. The molecule has 0 spiro atoms. The van der Waals surface area contributed by atoms with Gasteiger partial charge in [-0.2, -0.15) is 13.5 Å². The predicted molar refractivity (Wildman–Crippen MR) is 127 cm³/mol. The molecule has 0 aliphatic rings. The topological polar surface area (TPSA) is 65.1 Å². The highest BCUT2D eigenvalue weighted by Gasteiger charge is 2.16. The van der Waals surface area contributed by atoms with Crippen molar-refractivity contribution < 1.29 is 5.11 Å². The van der Waals surface area contributed by atoms with E-state index < -0.39 is 0 Å². The highest BCUT2D eigenvalue weighted by molar-refractivity contribution is 7.59. The first-order valence-electron chi connectivity index (χ1n) is 8.66. The predicted octanol–water partition coefficient (Wildman–Crippen LogP) is 5.32. The Kier molecular flexibility index (Phi) is 7.17. The maximum Gasteiger partial charge on any atom is 0.266 e. The molecule has 7 heteroatoms. The summed E-state index contributed by atoms with van der Waals surface area (Å²) < 4.78 is 0.683. The first-order chi connectivity index (χ1) is 12.6. The Labute approximate surface area is 180 Å². The third-order valence-corrected chi connectivity index (χ3v) is 5.84. The van der Waals surface area contributed by atoms with Crippen molar-refractivity contribution in [3.05, 3.63) is 63.8 Å². The normalized spacial score (nSPS) is 11.8. The van der Waals surface area contributed by atoms with Crippen LogP contribution in [-0.4, -0.2) is 17.1 Å². The van der Waals surface area contributed by atoms with Crippen molar-refractivity contribution in [2.75, 3.05) is 7.05 Å². The van der Waals surface area contributed by atoms with E-state index in [9.17, 15) is 9.90 Å². The zero-order valence-corrected chi connectivity index (χ0v) is 18.2. The van der Waals surface area contributed by atoms with E-state index in [1.165, 1.54) is 16.9 Å². The van der Waals surface area contributed by atoms with Gasteiger partial charge in [-0.3, -0.25) is 4.79 Å². The molecule has 0 aliphatic heterocycles. The summed E-state index contributed by atoms with van der Waals surface area (Å²) in [7, 11) is 1.96. The van der Waals surface area contributed by atoms with Gasteiger partial charge in [0.05, 0.1) is 0 Å². The molecule has 0 fully saturated rings. The number of thiophene rings is 1. The summed E-state index contributed by atoms with van der Waals surface area (Å²) in [6.07, 6.45) is 1.01. The number of benzene rings is 2. The Balaban J connectivity index is 0.00000140. The molecule has 0 saturated carbocycles. The van der Waals surface area contributed by atoms with Crippen LogP contribution in [-0.2, 0) is 0 Å². The molecular formula is C21H23ClN2O2S2. The summed E-state index contributed by atoms with van der Waals surface area (Å²) >= 11 is 1.42. The minimum absolute atomic E-state index is 0. The summed E-state index contributed by atoms with van der Waals surface area (Å²) in [5.41, 5.74) is 3.55. The third-order valence-electron chi connectivity index (χ3n) is 4.93. The van der Waals surface area contributed by atoms with Gasteiger partial charge >= 0.3 is 0 Å². The van der Waals surface area contributed by atoms with Gasteiger partial charge in [-0.15, -0.1) is 23.7 Å². The summed E-state index contributed by atoms with van der Waals surface area (Å²) in [6, 6.07) is 13.9. The fourth-order valence-corrected chi connectivity index (χ4v) is 4.41. The molecule has 2 aromatic carbocycles. The largest absolute Gasteiger partial charge is 0.507 e. The lowest BCUT2D eigenvalue weighted by atomic mass is 9.95. The maximum atomic E-state index is 12.3. The van der Waals surface area contributed by atoms with Gasteiger partial charge in [0.2, 0.25) is 0 Å². The van der Waals surface area contributed by atoms with Gasteiger partial charge in [-0.25, -0.2) is 0 Å². The lowest BCUT2D eigenvalue weighted by molar-refractivity contribution is 0.478. The molecule has 4 aromatic rings. The Morgan fingerprint density at radius 1 is 1.14 bits per heavy atom. The smallest absolute Gasteiger partial charge is 0.266 e. The summed E-state index contributed by atoms with van der Waals surface area (Å²) in [4.78, 5) is 15.2. The minimum atomic E-state index is -0.0886. The zero-order chi connectivity index (χ0) is 18.3. The van der Waals surface area contributed by atoms with Crippen molar-refractivity contribution in [1.29, 1.82) is 0 Å². The van der Waals surface area contributed by atoms with Crippen molar-refractivity contribution in [2.45, 2.75) is 19.4 Å². The van der Waals surface area contributed by atoms with E-state index in [2.05, 4.69) is 29.4 Å². The fraction of sp³-hybridized carbons (Fsp3) is 0.190. The van der Waals surface area contributed by atoms with E-state index in [4.69, 9.17) is 0 Å². The van der Waals surface area contributed by atoms with Crippen LogP contribution < -0.4 is 10.9 Å². The molecule has 0 saturated heterocycles. The molecule has 2 heterocycles. The number of H-pyrrole nitrogens is 1. The van der Waals surface area contributed by atoms with Crippen LogP contribution in [0.1, 0.15) is 24.9 Å². The van der Waals surface area contributed by atoms with Crippen LogP contribution in [0.3, 0.4) is 0 Å². The quantitative estimate of drug-likeness (QED) is 0.407. The van der Waals surface area contributed by atoms with Gasteiger partial charge in [0.15, 0.2) is 0 Å². The number of phenols is 1. The van der Waals surface area contributed by atoms with Gasteiger partial charge in [0.25, 0.3) is 5.56 Å². The number of aromatic hydroxyl groups is 1. The van der Waals surface area contributed by atoms with Gasteiger partial charge in [-0.05, 0) is 48.2 Å². The maximum absolute atomic E-state index is 12.3. The number of hydrogen-bond donors (Lipinski definition) is 3. The number of aromatic amines is 1. The highest BCUT2D eigenvalue weighted by Crippen LogP contribution is 2.39. The summed E-state index contributed by atoms with van der Waals surface area (Å²) in [5.74, 6) is 0.213. The van der Waals surface area contributed by atoms with E-state index in [0.29, 0.717) is 10.7 Å². The number of nitrogens with one attached hydrogen (secondary N) is 2. The van der Waals surface area contributed by atoms with Crippen LogP contribution in [0, 0.1) is 0 Å². The summed E-state index contributed by atoms with van der Waals surface area (Å²) in [6.45, 7) is 2.15. The molecule has 4 rings (SSSR count). The molecule has 0 aliphatic carbocycles. The Morgan fingerprint density at radius 3 is 2.50 bits per heavy atom. The number of hydrogen-bond acceptors (Lipinski definition) is 4. The molecule has 0 amide bonds. The van der Waals surface area contributed by atoms with E-state index >= 15 is 0 Å². The number of fused-ring (bicyclic) bond motifs is 3. The number of aromatic nitrogens is 1. The van der Waals surface area contributed by atoms with Crippen LogP contribution in [0.4, 0.5) is 0 Å². The molecule has 28 heavy (non-hydrogen) atoms. The molecule has 0 radical (unpaired) electrons. The van der Waals surface area contributed by atoms with Crippen molar-refractivity contribution in [1.82, 2.24) is 10.3 Å². The SMILES string of the molecule is CC[C@H](NC)c1ccc(-c2c(O)ccc3[nH]c(=O)c4sccc4c23)cc1.Cl.S.